The first-order valence-electron chi connectivity index (χ1n) is 13.5. The van der Waals surface area contributed by atoms with Gasteiger partial charge in [-0.3, -0.25) is 9.48 Å². The molecule has 0 saturated carbocycles. The van der Waals surface area contributed by atoms with Crippen LogP contribution in [-0.2, 0) is 23.3 Å². The molecule has 4 heterocycles. The van der Waals surface area contributed by atoms with Crippen molar-refractivity contribution < 1.29 is 23.5 Å². The van der Waals surface area contributed by atoms with Gasteiger partial charge in [0.2, 0.25) is 0 Å². The van der Waals surface area contributed by atoms with Crippen molar-refractivity contribution in [2.45, 2.75) is 45.4 Å². The maximum atomic E-state index is 13.9. The number of halogens is 1. The minimum atomic E-state index is -1.29. The van der Waals surface area contributed by atoms with Crippen LogP contribution in [0.3, 0.4) is 0 Å². The lowest BCUT2D eigenvalue weighted by Gasteiger charge is -2.15. The number of carbonyl (C=O) groups is 2. The number of fused-ring (bicyclic) bond motifs is 2. The zero-order chi connectivity index (χ0) is 30.2. The molecule has 0 radical (unpaired) electrons. The fourth-order valence-corrected chi connectivity index (χ4v) is 5.26. The number of H-pyrrole nitrogens is 1. The number of imidazole rings is 1. The Morgan fingerprint density at radius 2 is 1.98 bits per heavy atom. The van der Waals surface area contributed by atoms with E-state index in [2.05, 4.69) is 45.0 Å². The van der Waals surface area contributed by atoms with Gasteiger partial charge in [-0.25, -0.2) is 24.1 Å². The van der Waals surface area contributed by atoms with Crippen molar-refractivity contribution in [2.75, 3.05) is 13.7 Å². The largest absolute Gasteiger partial charge is 0.464 e. The molecule has 12 nitrogen and oxygen atoms in total. The monoisotopic (exact) mass is 592 g/mol. The van der Waals surface area contributed by atoms with E-state index in [1.165, 1.54) is 25.4 Å². The number of methoxy groups -OCH3 is 1. The highest BCUT2D eigenvalue weighted by atomic mass is 28.3. The third-order valence-electron chi connectivity index (χ3n) is 6.85. The van der Waals surface area contributed by atoms with Gasteiger partial charge in [-0.05, 0) is 31.2 Å². The Labute approximate surface area is 242 Å². The number of aromatic amines is 1. The van der Waals surface area contributed by atoms with Gasteiger partial charge in [0.15, 0.2) is 5.65 Å². The summed E-state index contributed by atoms with van der Waals surface area (Å²) in [4.78, 5) is 42.0. The maximum Gasteiger partial charge on any atom is 0.356 e. The summed E-state index contributed by atoms with van der Waals surface area (Å²) in [6, 6.07) is 4.86. The first-order valence-corrected chi connectivity index (χ1v) is 17.2. The number of benzene rings is 1. The van der Waals surface area contributed by atoms with Crippen LogP contribution in [0.4, 0.5) is 4.39 Å². The first kappa shape index (κ1) is 29.1. The van der Waals surface area contributed by atoms with Crippen LogP contribution in [0, 0.1) is 5.82 Å². The lowest BCUT2D eigenvalue weighted by atomic mass is 10.1. The highest BCUT2D eigenvalue weighted by molar-refractivity contribution is 6.76. The Kier molecular flexibility index (Phi) is 7.92. The van der Waals surface area contributed by atoms with Crippen LogP contribution in [0.2, 0.25) is 25.7 Å². The second kappa shape index (κ2) is 11.4. The number of nitrogens with one attached hydrogen (secondary N) is 2. The highest BCUT2D eigenvalue weighted by Crippen LogP contribution is 2.29. The van der Waals surface area contributed by atoms with E-state index in [-0.39, 0.29) is 23.8 Å². The van der Waals surface area contributed by atoms with Gasteiger partial charge in [-0.15, -0.1) is 0 Å². The van der Waals surface area contributed by atoms with Crippen LogP contribution >= 0.6 is 0 Å². The molecule has 4 aromatic heterocycles. The molecule has 5 aromatic rings. The zero-order valence-electron chi connectivity index (χ0n) is 24.4. The fraction of sp³-hybridized carbons (Fsp3) is 0.357. The number of esters is 1. The van der Waals surface area contributed by atoms with E-state index in [4.69, 9.17) is 14.5 Å². The Morgan fingerprint density at radius 3 is 2.71 bits per heavy atom. The molecular weight excluding hydrogens is 559 g/mol. The van der Waals surface area contributed by atoms with Crippen LogP contribution < -0.4 is 5.32 Å². The molecule has 14 heteroatoms. The minimum Gasteiger partial charge on any atom is -0.464 e. The van der Waals surface area contributed by atoms with Crippen molar-refractivity contribution in [3.63, 3.8) is 0 Å². The van der Waals surface area contributed by atoms with Crippen molar-refractivity contribution in [1.29, 1.82) is 0 Å². The smallest absolute Gasteiger partial charge is 0.356 e. The van der Waals surface area contributed by atoms with E-state index >= 15 is 0 Å². The van der Waals surface area contributed by atoms with Gasteiger partial charge in [0.25, 0.3) is 5.91 Å². The molecule has 0 unspecified atom stereocenters. The summed E-state index contributed by atoms with van der Waals surface area (Å²) < 4.78 is 27.9. The summed E-state index contributed by atoms with van der Waals surface area (Å²) in [6.07, 6.45) is 4.61. The van der Waals surface area contributed by atoms with Crippen LogP contribution in [0.25, 0.3) is 33.5 Å². The summed E-state index contributed by atoms with van der Waals surface area (Å²) in [5.41, 5.74) is 2.87. The number of hydrogen-bond donors (Lipinski definition) is 2. The standard InChI is InChI=1S/C28H33FN8O4Si/c1-16(25-30-13-21(34-25)28(39)40-3)32-27(38)19-14-37(15-41-9-10-42(4,5)6)26-24(19)33-20(12-31-26)23-18-8-7-17(29)11-22(18)36(2)35-23/h7-8,11-14,16H,9-10,15H2,1-6H3,(H,30,34)(H,32,38)/t16-/m0/s1. The topological polar surface area (TPSA) is 142 Å². The SMILES string of the molecule is COC(=O)c1cnc([C@H](C)NC(=O)c2cn(COCC[Si](C)(C)C)c3ncc(-c4nn(C)c5cc(F)ccc45)nc23)[nH]1. The summed E-state index contributed by atoms with van der Waals surface area (Å²) in [6.45, 7) is 9.37. The highest BCUT2D eigenvalue weighted by Gasteiger charge is 2.23. The maximum absolute atomic E-state index is 13.9. The van der Waals surface area contributed by atoms with Gasteiger partial charge in [0.05, 0.1) is 36.6 Å². The number of carbonyl (C=O) groups excluding carboxylic acids is 2. The number of amides is 1. The summed E-state index contributed by atoms with van der Waals surface area (Å²) in [5, 5.41) is 8.17. The second-order valence-electron chi connectivity index (χ2n) is 11.3. The van der Waals surface area contributed by atoms with Gasteiger partial charge in [0, 0.05) is 33.3 Å². The van der Waals surface area contributed by atoms with Crippen molar-refractivity contribution in [3.8, 4) is 11.4 Å². The van der Waals surface area contributed by atoms with Gasteiger partial charge < -0.3 is 24.3 Å². The van der Waals surface area contributed by atoms with Gasteiger partial charge >= 0.3 is 5.97 Å². The van der Waals surface area contributed by atoms with Gasteiger partial charge in [-0.1, -0.05) is 19.6 Å². The number of hydrogen-bond acceptors (Lipinski definition) is 8. The van der Waals surface area contributed by atoms with E-state index in [1.807, 2.05) is 0 Å². The van der Waals surface area contributed by atoms with Crippen LogP contribution in [0.5, 0.6) is 0 Å². The molecule has 0 spiro atoms. The minimum absolute atomic E-state index is 0.179. The molecule has 2 N–H and O–H groups in total. The van der Waals surface area contributed by atoms with Crippen molar-refractivity contribution in [2.24, 2.45) is 7.05 Å². The number of aromatic nitrogens is 7. The van der Waals surface area contributed by atoms with Gasteiger partial charge in [0.1, 0.15) is 41.0 Å². The lowest BCUT2D eigenvalue weighted by Crippen LogP contribution is -2.27. The Bertz CT molecular complexity index is 1790. The van der Waals surface area contributed by atoms with Crippen LogP contribution in [0.15, 0.2) is 36.8 Å². The van der Waals surface area contributed by atoms with Gasteiger partial charge in [-0.2, -0.15) is 5.10 Å². The molecule has 1 aromatic carbocycles. The normalized spacial score (nSPS) is 12.6. The average molecular weight is 593 g/mol. The molecule has 0 bridgehead atoms. The fourth-order valence-electron chi connectivity index (χ4n) is 4.50. The molecule has 0 aliphatic rings. The van der Waals surface area contributed by atoms with E-state index < -0.39 is 26.0 Å². The Morgan fingerprint density at radius 1 is 1.19 bits per heavy atom. The first-order chi connectivity index (χ1) is 19.9. The molecule has 1 atom stereocenters. The predicted octanol–water partition coefficient (Wildman–Crippen LogP) is 4.44. The number of rotatable bonds is 10. The zero-order valence-corrected chi connectivity index (χ0v) is 25.4. The number of aryl methyl sites for hydroxylation is 1. The molecule has 0 saturated heterocycles. The summed E-state index contributed by atoms with van der Waals surface area (Å²) >= 11 is 0. The van der Waals surface area contributed by atoms with E-state index in [0.29, 0.717) is 45.9 Å². The molecular formula is C28H33FN8O4Si. The third-order valence-corrected chi connectivity index (χ3v) is 8.56. The Balaban J connectivity index is 1.50. The van der Waals surface area contributed by atoms with Crippen molar-refractivity contribution in [3.05, 3.63) is 59.7 Å². The van der Waals surface area contributed by atoms with Crippen LogP contribution in [0.1, 0.15) is 39.6 Å². The molecule has 5 rings (SSSR count). The summed E-state index contributed by atoms with van der Waals surface area (Å²) in [5.74, 6) is -0.949. The van der Waals surface area contributed by atoms with Crippen LogP contribution in [-0.4, -0.2) is 68.0 Å². The quantitative estimate of drug-likeness (QED) is 0.138. The molecule has 0 aliphatic carbocycles. The average Bonchev–Trinajstić information content (AvgIpc) is 3.66. The van der Waals surface area contributed by atoms with E-state index in [0.717, 1.165) is 6.04 Å². The van der Waals surface area contributed by atoms with Crippen molar-refractivity contribution >= 4 is 42.0 Å². The van der Waals surface area contributed by atoms with E-state index in [1.54, 1.807) is 41.7 Å². The second-order valence-corrected chi connectivity index (χ2v) is 16.9. The summed E-state index contributed by atoms with van der Waals surface area (Å²) in [7, 11) is 1.72. The molecule has 1 amide bonds. The predicted molar refractivity (Wildman–Crippen MR) is 157 cm³/mol. The van der Waals surface area contributed by atoms with Crippen molar-refractivity contribution in [1.82, 2.24) is 39.6 Å². The number of ether oxygens (including phenoxy) is 2. The lowest BCUT2D eigenvalue weighted by molar-refractivity contribution is 0.0594. The third kappa shape index (κ3) is 5.94. The number of nitrogens with zero attached hydrogens (tertiary/aromatic N) is 6. The molecule has 0 aliphatic heterocycles. The molecule has 42 heavy (non-hydrogen) atoms. The molecule has 0 fully saturated rings. The van der Waals surface area contributed by atoms with E-state index in [9.17, 15) is 14.0 Å². The molecule has 220 valence electrons. The Hall–Kier alpha value is -4.43.